The van der Waals surface area contributed by atoms with Crippen molar-refractivity contribution in [2.24, 2.45) is 5.92 Å². The van der Waals surface area contributed by atoms with E-state index in [1.165, 1.54) is 0 Å². The van der Waals surface area contributed by atoms with Gasteiger partial charge < -0.3 is 10.8 Å². The summed E-state index contributed by atoms with van der Waals surface area (Å²) < 4.78 is 16.2. The number of alkyl halides is 1. The Bertz CT molecular complexity index is 1340. The van der Waals surface area contributed by atoms with E-state index in [1.807, 2.05) is 42.5 Å². The van der Waals surface area contributed by atoms with Crippen molar-refractivity contribution in [1.29, 1.82) is 0 Å². The lowest BCUT2D eigenvalue weighted by atomic mass is 9.78. The maximum atomic E-state index is 14.0. The molecule has 1 atom stereocenters. The predicted octanol–water partition coefficient (Wildman–Crippen LogP) is 5.50. The summed E-state index contributed by atoms with van der Waals surface area (Å²) in [6, 6.07) is 13.9. The number of fused-ring (bicyclic) bond motifs is 1. The summed E-state index contributed by atoms with van der Waals surface area (Å²) in [4.78, 5) is 20.5. The highest BCUT2D eigenvalue weighted by Crippen LogP contribution is 2.41. The number of carboxylic acid groups (broad SMARTS) is 1. The molecule has 0 unspecified atom stereocenters. The second-order valence-electron chi connectivity index (χ2n) is 8.64. The van der Waals surface area contributed by atoms with Crippen LogP contribution in [0.15, 0.2) is 59.3 Å². The van der Waals surface area contributed by atoms with Gasteiger partial charge in [-0.15, -0.1) is 0 Å². The predicted molar refractivity (Wildman–Crippen MR) is 131 cm³/mol. The van der Waals surface area contributed by atoms with Crippen LogP contribution in [0.2, 0.25) is 0 Å². The third-order valence-electron chi connectivity index (χ3n) is 6.60. The molecule has 0 saturated heterocycles. The van der Waals surface area contributed by atoms with Crippen molar-refractivity contribution >= 4 is 33.4 Å². The summed E-state index contributed by atoms with van der Waals surface area (Å²) in [6.45, 7) is 0. The molecular weight excluding hydrogens is 501 g/mol. The van der Waals surface area contributed by atoms with Crippen molar-refractivity contribution in [1.82, 2.24) is 19.6 Å². The third kappa shape index (κ3) is 4.04. The number of hydrogen-bond donors (Lipinski definition) is 2. The van der Waals surface area contributed by atoms with Crippen LogP contribution in [0.1, 0.15) is 37.3 Å². The van der Waals surface area contributed by atoms with Gasteiger partial charge in [0, 0.05) is 34.7 Å². The number of anilines is 1. The average Bonchev–Trinajstić information content (AvgIpc) is 3.30. The second kappa shape index (κ2) is 9.13. The molecule has 1 aliphatic carbocycles. The summed E-state index contributed by atoms with van der Waals surface area (Å²) in [6.07, 6.45) is 4.00. The summed E-state index contributed by atoms with van der Waals surface area (Å²) in [5, 5.41) is 13.4. The van der Waals surface area contributed by atoms with Gasteiger partial charge in [0.1, 0.15) is 5.82 Å². The number of nitrogens with two attached hydrogens (primary N) is 1. The van der Waals surface area contributed by atoms with Crippen molar-refractivity contribution in [2.45, 2.75) is 37.8 Å². The van der Waals surface area contributed by atoms with Gasteiger partial charge in [-0.2, -0.15) is 9.61 Å². The lowest BCUT2D eigenvalue weighted by Crippen LogP contribution is -2.28. The smallest absolute Gasteiger partial charge is 0.338 e. The summed E-state index contributed by atoms with van der Waals surface area (Å²) >= 11 is 3.58. The van der Waals surface area contributed by atoms with Crippen LogP contribution in [0, 0.1) is 5.92 Å². The number of hydrogen-bond acceptors (Lipinski definition) is 5. The third-order valence-corrected chi connectivity index (χ3v) is 7.41. The Hall–Kier alpha value is -3.33. The number of rotatable bonds is 5. The first-order chi connectivity index (χ1) is 16.4. The Labute approximate surface area is 204 Å². The van der Waals surface area contributed by atoms with Gasteiger partial charge in [0.2, 0.25) is 0 Å². The molecular formula is C25H23BrFN5O2. The molecule has 0 amide bonds. The molecule has 3 heterocycles. The number of aliphatic carboxylic acids is 1. The highest BCUT2D eigenvalue weighted by Gasteiger charge is 2.34. The van der Waals surface area contributed by atoms with E-state index in [9.17, 15) is 9.18 Å². The highest BCUT2D eigenvalue weighted by atomic mass is 79.9. The van der Waals surface area contributed by atoms with Crippen molar-refractivity contribution in [2.75, 3.05) is 5.73 Å². The van der Waals surface area contributed by atoms with Crippen molar-refractivity contribution in [3.63, 3.8) is 0 Å². The number of carboxylic acids is 1. The Morgan fingerprint density at radius 2 is 1.82 bits per heavy atom. The lowest BCUT2D eigenvalue weighted by Gasteiger charge is -2.29. The molecule has 0 spiro atoms. The fraction of sp³-hybridized carbons (Fsp3) is 0.280. The van der Waals surface area contributed by atoms with Gasteiger partial charge in [-0.25, -0.2) is 14.2 Å². The number of pyridine rings is 1. The summed E-state index contributed by atoms with van der Waals surface area (Å²) in [7, 11) is 0. The van der Waals surface area contributed by atoms with Crippen molar-refractivity contribution in [3.8, 4) is 22.4 Å². The topological polar surface area (TPSA) is 106 Å². The zero-order valence-corrected chi connectivity index (χ0v) is 19.8. The number of halogens is 2. The maximum Gasteiger partial charge on any atom is 0.338 e. The quantitative estimate of drug-likeness (QED) is 0.357. The molecule has 5 rings (SSSR count). The van der Waals surface area contributed by atoms with Crippen molar-refractivity contribution < 1.29 is 14.3 Å². The van der Waals surface area contributed by atoms with E-state index < -0.39 is 18.1 Å². The van der Waals surface area contributed by atoms with E-state index in [0.717, 1.165) is 28.1 Å². The largest absolute Gasteiger partial charge is 0.479 e. The molecule has 4 aromatic rings. The molecule has 174 valence electrons. The van der Waals surface area contributed by atoms with E-state index in [0.29, 0.717) is 41.6 Å². The number of carbonyl (C=O) groups is 1. The fourth-order valence-corrected chi connectivity index (χ4v) is 5.29. The Kier molecular flexibility index (Phi) is 6.03. The molecule has 3 N–H and O–H groups in total. The summed E-state index contributed by atoms with van der Waals surface area (Å²) in [5.41, 5.74) is 11.4. The molecule has 0 radical (unpaired) electrons. The number of aromatic nitrogens is 4. The van der Waals surface area contributed by atoms with Crippen LogP contribution < -0.4 is 5.73 Å². The fourth-order valence-electron chi connectivity index (χ4n) is 4.71. The van der Waals surface area contributed by atoms with Crippen LogP contribution in [0.25, 0.3) is 28.0 Å². The number of benzene rings is 1. The Morgan fingerprint density at radius 3 is 2.47 bits per heavy atom. The van der Waals surface area contributed by atoms with Crippen LogP contribution in [0.3, 0.4) is 0 Å². The molecule has 1 fully saturated rings. The molecule has 9 heteroatoms. The minimum atomic E-state index is -1.82. The molecule has 1 aliphatic rings. The number of nitrogen functional groups attached to an aromatic ring is 1. The first-order valence-corrected chi connectivity index (χ1v) is 11.9. The van der Waals surface area contributed by atoms with Crippen LogP contribution in [0.4, 0.5) is 10.2 Å². The van der Waals surface area contributed by atoms with Gasteiger partial charge in [0.05, 0.1) is 22.1 Å². The first-order valence-electron chi connectivity index (χ1n) is 11.2. The lowest BCUT2D eigenvalue weighted by molar-refractivity contribution is -0.145. The molecule has 0 bridgehead atoms. The minimum absolute atomic E-state index is 0.0558. The zero-order chi connectivity index (χ0) is 23.8. The van der Waals surface area contributed by atoms with Gasteiger partial charge in [0.15, 0.2) is 11.8 Å². The van der Waals surface area contributed by atoms with E-state index in [1.54, 1.807) is 16.9 Å². The van der Waals surface area contributed by atoms with Crippen LogP contribution in [0.5, 0.6) is 0 Å². The van der Waals surface area contributed by atoms with Crippen LogP contribution in [-0.2, 0) is 4.79 Å². The second-order valence-corrected chi connectivity index (χ2v) is 9.43. The molecule has 1 aromatic carbocycles. The van der Waals surface area contributed by atoms with Gasteiger partial charge in [0.25, 0.3) is 0 Å². The average molecular weight is 524 g/mol. The standard InChI is InChI=1S/C25H23BrFN5O2/c26-20-22(16-8-6-15(7-9-16)21(27)25(33)34)31-24-18(13-30-32(24)23(20)28)17-10-11-19(29-12-17)14-4-2-1-3-5-14/h1-5,10-13,15-16,21H,6-9,28H2,(H,33,34)/t15-,16-,21-/m0/s1. The van der Waals surface area contributed by atoms with Gasteiger partial charge >= 0.3 is 5.97 Å². The SMILES string of the molecule is Nc1c(Br)c([C@H]2CC[C@H]([C@H](F)C(=O)O)CC2)nc2c(-c3ccc(-c4ccccc4)nc3)cnn12. The van der Waals surface area contributed by atoms with E-state index in [2.05, 4.69) is 26.0 Å². The van der Waals surface area contributed by atoms with Gasteiger partial charge in [-0.1, -0.05) is 36.4 Å². The van der Waals surface area contributed by atoms with Gasteiger partial charge in [-0.3, -0.25) is 4.98 Å². The Balaban J connectivity index is 1.46. The Morgan fingerprint density at radius 1 is 1.09 bits per heavy atom. The molecule has 1 saturated carbocycles. The van der Waals surface area contributed by atoms with Gasteiger partial charge in [-0.05, 0) is 47.7 Å². The highest BCUT2D eigenvalue weighted by molar-refractivity contribution is 9.10. The van der Waals surface area contributed by atoms with E-state index >= 15 is 0 Å². The minimum Gasteiger partial charge on any atom is -0.479 e. The van der Waals surface area contributed by atoms with Crippen LogP contribution in [-0.4, -0.2) is 36.8 Å². The normalized spacial score (nSPS) is 19.2. The molecule has 3 aromatic heterocycles. The maximum absolute atomic E-state index is 14.0. The van der Waals surface area contributed by atoms with E-state index in [4.69, 9.17) is 15.8 Å². The molecule has 0 aliphatic heterocycles. The van der Waals surface area contributed by atoms with Crippen LogP contribution >= 0.6 is 15.9 Å². The number of nitrogens with zero attached hydrogens (tertiary/aromatic N) is 4. The molecule has 7 nitrogen and oxygen atoms in total. The molecule has 34 heavy (non-hydrogen) atoms. The monoisotopic (exact) mass is 523 g/mol. The first kappa shape index (κ1) is 22.5. The van der Waals surface area contributed by atoms with Crippen molar-refractivity contribution in [3.05, 3.63) is 65.0 Å². The van der Waals surface area contributed by atoms with E-state index in [-0.39, 0.29) is 5.92 Å². The zero-order valence-electron chi connectivity index (χ0n) is 18.2. The summed E-state index contributed by atoms with van der Waals surface area (Å²) in [5.74, 6) is -1.35.